The van der Waals surface area contributed by atoms with Gasteiger partial charge in [-0.05, 0) is 43.7 Å². The molecule has 2 heteroatoms. The predicted octanol–water partition coefficient (Wildman–Crippen LogP) is 3.90. The maximum absolute atomic E-state index is 9.51. The SMILES string of the molecule is CCN(c1ccccc1)c1ccc([C@@H](C)O)cc1. The number of hydrogen-bond acceptors (Lipinski definition) is 2. The summed E-state index contributed by atoms with van der Waals surface area (Å²) >= 11 is 0. The van der Waals surface area contributed by atoms with Crippen molar-refractivity contribution in [3.05, 3.63) is 60.2 Å². The fourth-order valence-corrected chi connectivity index (χ4v) is 2.05. The van der Waals surface area contributed by atoms with Crippen molar-refractivity contribution in [1.29, 1.82) is 0 Å². The van der Waals surface area contributed by atoms with Crippen molar-refractivity contribution in [2.45, 2.75) is 20.0 Å². The zero-order chi connectivity index (χ0) is 13.0. The number of aliphatic hydroxyl groups is 1. The van der Waals surface area contributed by atoms with Gasteiger partial charge in [-0.15, -0.1) is 0 Å². The highest BCUT2D eigenvalue weighted by molar-refractivity contribution is 5.63. The highest BCUT2D eigenvalue weighted by Crippen LogP contribution is 2.26. The fourth-order valence-electron chi connectivity index (χ4n) is 2.05. The first kappa shape index (κ1) is 12.7. The third kappa shape index (κ3) is 2.71. The summed E-state index contributed by atoms with van der Waals surface area (Å²) in [5, 5.41) is 9.51. The molecule has 0 saturated heterocycles. The van der Waals surface area contributed by atoms with E-state index >= 15 is 0 Å². The lowest BCUT2D eigenvalue weighted by Gasteiger charge is -2.23. The van der Waals surface area contributed by atoms with Gasteiger partial charge in [-0.3, -0.25) is 0 Å². The molecule has 0 aliphatic carbocycles. The Morgan fingerprint density at radius 1 is 0.944 bits per heavy atom. The van der Waals surface area contributed by atoms with E-state index in [0.717, 1.165) is 17.8 Å². The molecule has 1 N–H and O–H groups in total. The number of hydrogen-bond donors (Lipinski definition) is 1. The Morgan fingerprint density at radius 2 is 1.50 bits per heavy atom. The first-order chi connectivity index (χ1) is 8.72. The summed E-state index contributed by atoms with van der Waals surface area (Å²) in [6.45, 7) is 4.83. The molecular formula is C16H19NO. The van der Waals surface area contributed by atoms with Crippen molar-refractivity contribution in [3.8, 4) is 0 Å². The molecule has 0 saturated carbocycles. The van der Waals surface area contributed by atoms with Gasteiger partial charge in [0.2, 0.25) is 0 Å². The second kappa shape index (κ2) is 5.69. The lowest BCUT2D eigenvalue weighted by molar-refractivity contribution is 0.199. The first-order valence-electron chi connectivity index (χ1n) is 6.33. The quantitative estimate of drug-likeness (QED) is 0.877. The van der Waals surface area contributed by atoms with Gasteiger partial charge in [0.1, 0.15) is 0 Å². The summed E-state index contributed by atoms with van der Waals surface area (Å²) in [5.74, 6) is 0. The molecule has 0 heterocycles. The Morgan fingerprint density at radius 3 is 2.00 bits per heavy atom. The Kier molecular flexibility index (Phi) is 4.00. The second-order valence-corrected chi connectivity index (χ2v) is 4.35. The largest absolute Gasteiger partial charge is 0.389 e. The molecular weight excluding hydrogens is 222 g/mol. The van der Waals surface area contributed by atoms with Gasteiger partial charge in [-0.2, -0.15) is 0 Å². The molecule has 0 spiro atoms. The van der Waals surface area contributed by atoms with Crippen LogP contribution in [0.25, 0.3) is 0 Å². The zero-order valence-corrected chi connectivity index (χ0v) is 10.9. The van der Waals surface area contributed by atoms with E-state index in [-0.39, 0.29) is 0 Å². The minimum atomic E-state index is -0.411. The molecule has 0 fully saturated rings. The van der Waals surface area contributed by atoms with Gasteiger partial charge < -0.3 is 10.0 Å². The van der Waals surface area contributed by atoms with Gasteiger partial charge in [0.15, 0.2) is 0 Å². The number of rotatable bonds is 4. The average molecular weight is 241 g/mol. The molecule has 0 unspecified atom stereocenters. The lowest BCUT2D eigenvalue weighted by Crippen LogP contribution is -2.15. The molecule has 0 radical (unpaired) electrons. The van der Waals surface area contributed by atoms with Crippen LogP contribution in [0.15, 0.2) is 54.6 Å². The van der Waals surface area contributed by atoms with Gasteiger partial charge in [0.25, 0.3) is 0 Å². The number of anilines is 2. The summed E-state index contributed by atoms with van der Waals surface area (Å²) in [7, 11) is 0. The van der Waals surface area contributed by atoms with Crippen LogP contribution in [0.3, 0.4) is 0 Å². The minimum absolute atomic E-state index is 0.411. The highest BCUT2D eigenvalue weighted by Gasteiger charge is 2.07. The summed E-state index contributed by atoms with van der Waals surface area (Å²) in [4.78, 5) is 2.24. The van der Waals surface area contributed by atoms with Crippen LogP contribution in [0.4, 0.5) is 11.4 Å². The van der Waals surface area contributed by atoms with Crippen LogP contribution < -0.4 is 4.90 Å². The van der Waals surface area contributed by atoms with Gasteiger partial charge in [0, 0.05) is 17.9 Å². The van der Waals surface area contributed by atoms with E-state index in [4.69, 9.17) is 0 Å². The molecule has 0 bridgehead atoms. The third-order valence-corrected chi connectivity index (χ3v) is 3.07. The zero-order valence-electron chi connectivity index (χ0n) is 10.9. The molecule has 0 aromatic heterocycles. The van der Waals surface area contributed by atoms with Crippen molar-refractivity contribution in [3.63, 3.8) is 0 Å². The molecule has 1 atom stereocenters. The van der Waals surface area contributed by atoms with Crippen LogP contribution >= 0.6 is 0 Å². The Labute approximate surface area is 109 Å². The minimum Gasteiger partial charge on any atom is -0.389 e. The lowest BCUT2D eigenvalue weighted by atomic mass is 10.1. The average Bonchev–Trinajstić information content (AvgIpc) is 2.41. The van der Waals surface area contributed by atoms with E-state index in [9.17, 15) is 5.11 Å². The third-order valence-electron chi connectivity index (χ3n) is 3.07. The number of nitrogens with zero attached hydrogens (tertiary/aromatic N) is 1. The van der Waals surface area contributed by atoms with Gasteiger partial charge in [0.05, 0.1) is 6.10 Å². The number of benzene rings is 2. The van der Waals surface area contributed by atoms with Crippen molar-refractivity contribution >= 4 is 11.4 Å². The van der Waals surface area contributed by atoms with Gasteiger partial charge in [-0.25, -0.2) is 0 Å². The highest BCUT2D eigenvalue weighted by atomic mass is 16.3. The normalized spacial score (nSPS) is 12.2. The Bertz CT molecular complexity index is 476. The maximum Gasteiger partial charge on any atom is 0.0761 e. The van der Waals surface area contributed by atoms with Crippen LogP contribution in [-0.4, -0.2) is 11.7 Å². The number of aliphatic hydroxyl groups excluding tert-OH is 1. The second-order valence-electron chi connectivity index (χ2n) is 4.35. The van der Waals surface area contributed by atoms with E-state index in [1.54, 1.807) is 6.92 Å². The standard InChI is InChI=1S/C16H19NO/c1-3-17(15-7-5-4-6-8-15)16-11-9-14(10-12-16)13(2)18/h4-13,18H,3H2,1-2H3/t13-/m1/s1. The monoisotopic (exact) mass is 241 g/mol. The van der Waals surface area contributed by atoms with Crippen LogP contribution in [0.1, 0.15) is 25.5 Å². The van der Waals surface area contributed by atoms with E-state index < -0.39 is 6.10 Å². The van der Waals surface area contributed by atoms with Crippen molar-refractivity contribution < 1.29 is 5.11 Å². The molecule has 18 heavy (non-hydrogen) atoms. The first-order valence-corrected chi connectivity index (χ1v) is 6.33. The van der Waals surface area contributed by atoms with E-state index in [0.29, 0.717) is 0 Å². The molecule has 2 rings (SSSR count). The number of para-hydroxylation sites is 1. The van der Waals surface area contributed by atoms with Gasteiger partial charge in [-0.1, -0.05) is 30.3 Å². The van der Waals surface area contributed by atoms with Crippen LogP contribution in [0.5, 0.6) is 0 Å². The van der Waals surface area contributed by atoms with E-state index in [1.807, 2.05) is 30.3 Å². The van der Waals surface area contributed by atoms with E-state index in [1.165, 1.54) is 5.69 Å². The summed E-state index contributed by atoms with van der Waals surface area (Å²) in [5.41, 5.74) is 3.28. The van der Waals surface area contributed by atoms with Crippen LogP contribution in [0.2, 0.25) is 0 Å². The maximum atomic E-state index is 9.51. The smallest absolute Gasteiger partial charge is 0.0761 e. The Hall–Kier alpha value is -1.80. The van der Waals surface area contributed by atoms with Crippen molar-refractivity contribution in [1.82, 2.24) is 0 Å². The molecule has 0 aliphatic heterocycles. The van der Waals surface area contributed by atoms with Gasteiger partial charge >= 0.3 is 0 Å². The van der Waals surface area contributed by atoms with Crippen LogP contribution in [-0.2, 0) is 0 Å². The molecule has 0 aliphatic rings. The molecule has 2 aromatic carbocycles. The summed E-state index contributed by atoms with van der Waals surface area (Å²) in [6, 6.07) is 18.4. The topological polar surface area (TPSA) is 23.5 Å². The van der Waals surface area contributed by atoms with Crippen molar-refractivity contribution in [2.75, 3.05) is 11.4 Å². The van der Waals surface area contributed by atoms with E-state index in [2.05, 4.69) is 36.1 Å². The molecule has 2 aromatic rings. The molecule has 0 amide bonds. The summed E-state index contributed by atoms with van der Waals surface area (Å²) in [6.07, 6.45) is -0.411. The van der Waals surface area contributed by atoms with Crippen molar-refractivity contribution in [2.24, 2.45) is 0 Å². The van der Waals surface area contributed by atoms with Crippen LogP contribution in [0, 0.1) is 0 Å². The molecule has 94 valence electrons. The predicted molar refractivity (Wildman–Crippen MR) is 76.2 cm³/mol. The Balaban J connectivity index is 2.28. The fraction of sp³-hybridized carbons (Fsp3) is 0.250. The summed E-state index contributed by atoms with van der Waals surface area (Å²) < 4.78 is 0. The molecule has 2 nitrogen and oxygen atoms in total.